The Hall–Kier alpha value is -2.43. The lowest BCUT2D eigenvalue weighted by Gasteiger charge is -2.32. The van der Waals surface area contributed by atoms with E-state index in [1.165, 1.54) is 0 Å². The van der Waals surface area contributed by atoms with Gasteiger partial charge in [-0.25, -0.2) is 4.68 Å². The van der Waals surface area contributed by atoms with Crippen LogP contribution in [0, 0.1) is 12.8 Å². The molecule has 126 valence electrons. The van der Waals surface area contributed by atoms with E-state index in [1.54, 1.807) is 16.8 Å². The van der Waals surface area contributed by atoms with Crippen LogP contribution in [0.3, 0.4) is 0 Å². The number of aromatic nitrogens is 2. The molecule has 0 spiro atoms. The summed E-state index contributed by atoms with van der Waals surface area (Å²) in [6.45, 7) is 4.05. The Labute approximate surface area is 141 Å². The molecule has 0 N–H and O–H groups in total. The standard InChI is InChI=1S/C19H23N3O2/c1-15-7-8-18(23)22(20-15)14-17-9-11-21(12-10-17)19(24)13-16-5-3-2-4-6-16/h2-8,17H,9-14H2,1H3. The average Bonchev–Trinajstić information content (AvgIpc) is 2.60. The van der Waals surface area contributed by atoms with E-state index in [0.29, 0.717) is 18.9 Å². The summed E-state index contributed by atoms with van der Waals surface area (Å²) in [5.41, 5.74) is 1.85. The quantitative estimate of drug-likeness (QED) is 0.864. The summed E-state index contributed by atoms with van der Waals surface area (Å²) in [4.78, 5) is 26.2. The summed E-state index contributed by atoms with van der Waals surface area (Å²) < 4.78 is 1.56. The van der Waals surface area contributed by atoms with E-state index in [1.807, 2.05) is 42.2 Å². The van der Waals surface area contributed by atoms with Crippen LogP contribution in [0.15, 0.2) is 47.3 Å². The first-order valence-corrected chi connectivity index (χ1v) is 8.48. The molecule has 5 heteroatoms. The topological polar surface area (TPSA) is 55.2 Å². The number of nitrogens with zero attached hydrogens (tertiary/aromatic N) is 3. The Bertz CT molecular complexity index is 747. The molecule has 1 saturated heterocycles. The van der Waals surface area contributed by atoms with E-state index in [4.69, 9.17) is 0 Å². The van der Waals surface area contributed by atoms with Crippen molar-refractivity contribution in [2.45, 2.75) is 32.7 Å². The fraction of sp³-hybridized carbons (Fsp3) is 0.421. The molecule has 5 nitrogen and oxygen atoms in total. The maximum Gasteiger partial charge on any atom is 0.266 e. The number of carbonyl (C=O) groups is 1. The zero-order chi connectivity index (χ0) is 16.9. The molecule has 1 amide bonds. The van der Waals surface area contributed by atoms with E-state index in [9.17, 15) is 9.59 Å². The summed E-state index contributed by atoms with van der Waals surface area (Å²) in [6, 6.07) is 13.2. The molecule has 1 fully saturated rings. The first kappa shape index (κ1) is 16.4. The summed E-state index contributed by atoms with van der Waals surface area (Å²) in [6.07, 6.45) is 2.30. The second-order valence-corrected chi connectivity index (χ2v) is 6.48. The molecular weight excluding hydrogens is 302 g/mol. The molecule has 0 atom stereocenters. The number of carbonyl (C=O) groups excluding carboxylic acids is 1. The Morgan fingerprint density at radius 3 is 2.54 bits per heavy atom. The van der Waals surface area contributed by atoms with Gasteiger partial charge in [-0.3, -0.25) is 9.59 Å². The molecule has 1 aliphatic heterocycles. The average molecular weight is 325 g/mol. The van der Waals surface area contributed by atoms with Gasteiger partial charge in [0.25, 0.3) is 5.56 Å². The van der Waals surface area contributed by atoms with Gasteiger partial charge in [0.2, 0.25) is 5.91 Å². The minimum atomic E-state index is -0.0526. The van der Waals surface area contributed by atoms with Crippen molar-refractivity contribution < 1.29 is 4.79 Å². The number of hydrogen-bond donors (Lipinski definition) is 0. The molecule has 0 aliphatic carbocycles. The minimum Gasteiger partial charge on any atom is -0.342 e. The van der Waals surface area contributed by atoms with Gasteiger partial charge in [-0.05, 0) is 37.3 Å². The van der Waals surface area contributed by atoms with Crippen LogP contribution in [-0.2, 0) is 17.8 Å². The predicted molar refractivity (Wildman–Crippen MR) is 92.7 cm³/mol. The second-order valence-electron chi connectivity index (χ2n) is 6.48. The first-order chi connectivity index (χ1) is 11.6. The van der Waals surface area contributed by atoms with Crippen molar-refractivity contribution in [1.82, 2.24) is 14.7 Å². The van der Waals surface area contributed by atoms with Gasteiger partial charge >= 0.3 is 0 Å². The first-order valence-electron chi connectivity index (χ1n) is 8.48. The van der Waals surface area contributed by atoms with Crippen molar-refractivity contribution in [2.75, 3.05) is 13.1 Å². The normalized spacial score (nSPS) is 15.5. The molecule has 2 aromatic rings. The summed E-state index contributed by atoms with van der Waals surface area (Å²) in [5.74, 6) is 0.586. The highest BCUT2D eigenvalue weighted by molar-refractivity contribution is 5.78. The number of benzene rings is 1. The van der Waals surface area contributed by atoms with Gasteiger partial charge in [0.15, 0.2) is 0 Å². The van der Waals surface area contributed by atoms with Crippen molar-refractivity contribution in [3.8, 4) is 0 Å². The summed E-state index contributed by atoms with van der Waals surface area (Å²) >= 11 is 0. The molecule has 24 heavy (non-hydrogen) atoms. The van der Waals surface area contributed by atoms with Crippen molar-refractivity contribution in [2.24, 2.45) is 5.92 Å². The van der Waals surface area contributed by atoms with Crippen LogP contribution in [0.2, 0.25) is 0 Å². The molecule has 1 aromatic carbocycles. The number of rotatable bonds is 4. The monoisotopic (exact) mass is 325 g/mol. The van der Waals surface area contributed by atoms with Gasteiger partial charge in [-0.2, -0.15) is 5.10 Å². The minimum absolute atomic E-state index is 0.0526. The molecule has 1 aliphatic rings. The maximum absolute atomic E-state index is 12.4. The van der Waals surface area contributed by atoms with Crippen molar-refractivity contribution in [1.29, 1.82) is 0 Å². The van der Waals surface area contributed by atoms with Crippen LogP contribution in [0.5, 0.6) is 0 Å². The molecule has 0 radical (unpaired) electrons. The van der Waals surface area contributed by atoms with Crippen LogP contribution in [-0.4, -0.2) is 33.7 Å². The number of likely N-dealkylation sites (tertiary alicyclic amines) is 1. The van der Waals surface area contributed by atoms with E-state index < -0.39 is 0 Å². The highest BCUT2D eigenvalue weighted by atomic mass is 16.2. The van der Waals surface area contributed by atoms with Gasteiger partial charge in [0.1, 0.15) is 0 Å². The highest BCUT2D eigenvalue weighted by Gasteiger charge is 2.23. The fourth-order valence-electron chi connectivity index (χ4n) is 3.17. The van der Waals surface area contributed by atoms with Gasteiger partial charge < -0.3 is 4.90 Å². The van der Waals surface area contributed by atoms with E-state index in [0.717, 1.165) is 37.2 Å². The zero-order valence-electron chi connectivity index (χ0n) is 14.0. The smallest absolute Gasteiger partial charge is 0.266 e. The van der Waals surface area contributed by atoms with Crippen LogP contribution < -0.4 is 5.56 Å². The Kier molecular flexibility index (Phi) is 5.08. The summed E-state index contributed by atoms with van der Waals surface area (Å²) in [5, 5.41) is 4.30. The second kappa shape index (κ2) is 7.43. The molecule has 0 bridgehead atoms. The van der Waals surface area contributed by atoms with Crippen molar-refractivity contribution >= 4 is 5.91 Å². The Morgan fingerprint density at radius 2 is 1.83 bits per heavy atom. The lowest BCUT2D eigenvalue weighted by Crippen LogP contribution is -2.41. The lowest BCUT2D eigenvalue weighted by molar-refractivity contribution is -0.131. The SMILES string of the molecule is Cc1ccc(=O)n(CC2CCN(C(=O)Cc3ccccc3)CC2)n1. The molecule has 1 aromatic heterocycles. The maximum atomic E-state index is 12.4. The molecule has 0 saturated carbocycles. The lowest BCUT2D eigenvalue weighted by atomic mass is 9.96. The van der Waals surface area contributed by atoms with Crippen LogP contribution in [0.1, 0.15) is 24.1 Å². The van der Waals surface area contributed by atoms with E-state index in [-0.39, 0.29) is 11.5 Å². The van der Waals surface area contributed by atoms with Gasteiger partial charge in [-0.15, -0.1) is 0 Å². The van der Waals surface area contributed by atoms with Gasteiger partial charge in [0.05, 0.1) is 12.1 Å². The summed E-state index contributed by atoms with van der Waals surface area (Å²) in [7, 11) is 0. The molecular formula is C19H23N3O2. The van der Waals surface area contributed by atoms with Crippen LogP contribution >= 0.6 is 0 Å². The highest BCUT2D eigenvalue weighted by Crippen LogP contribution is 2.19. The molecule has 0 unspecified atom stereocenters. The van der Waals surface area contributed by atoms with E-state index in [2.05, 4.69) is 5.10 Å². The van der Waals surface area contributed by atoms with Crippen molar-refractivity contribution in [3.63, 3.8) is 0 Å². The third-order valence-electron chi connectivity index (χ3n) is 4.60. The number of hydrogen-bond acceptors (Lipinski definition) is 3. The van der Waals surface area contributed by atoms with Crippen LogP contribution in [0.25, 0.3) is 0 Å². The van der Waals surface area contributed by atoms with Crippen LogP contribution in [0.4, 0.5) is 0 Å². The van der Waals surface area contributed by atoms with Crippen molar-refractivity contribution in [3.05, 3.63) is 64.1 Å². The predicted octanol–water partition coefficient (Wildman–Crippen LogP) is 2.03. The van der Waals surface area contributed by atoms with E-state index >= 15 is 0 Å². The fourth-order valence-corrected chi connectivity index (χ4v) is 3.17. The molecule has 3 rings (SSSR count). The third-order valence-corrected chi connectivity index (χ3v) is 4.60. The van der Waals surface area contributed by atoms with Gasteiger partial charge in [0, 0.05) is 25.7 Å². The third kappa shape index (κ3) is 4.10. The molecule has 2 heterocycles. The Morgan fingerprint density at radius 1 is 1.12 bits per heavy atom. The Balaban J connectivity index is 1.53. The van der Waals surface area contributed by atoms with Gasteiger partial charge in [-0.1, -0.05) is 30.3 Å². The number of aryl methyl sites for hydroxylation is 1. The zero-order valence-corrected chi connectivity index (χ0v) is 14.0. The number of amides is 1. The largest absolute Gasteiger partial charge is 0.342 e. The number of piperidine rings is 1.